The van der Waals surface area contributed by atoms with Gasteiger partial charge in [-0.1, -0.05) is 23.2 Å². The number of rotatable bonds is 1. The highest BCUT2D eigenvalue weighted by atomic mass is 35.5. The van der Waals surface area contributed by atoms with Gasteiger partial charge < -0.3 is 9.84 Å². The molecule has 0 saturated heterocycles. The fraction of sp³-hybridized carbons (Fsp3) is 0.300. The fourth-order valence-electron chi connectivity index (χ4n) is 1.30. The van der Waals surface area contributed by atoms with Crippen molar-refractivity contribution in [3.63, 3.8) is 0 Å². The second kappa shape index (κ2) is 4.29. The zero-order chi connectivity index (χ0) is 11.7. The number of aromatic hydroxyl groups is 1. The van der Waals surface area contributed by atoms with Crippen LogP contribution in [0.15, 0.2) is 0 Å². The molecule has 0 bridgehead atoms. The predicted octanol–water partition coefficient (Wildman–Crippen LogP) is 3.10. The zero-order valence-electron chi connectivity index (χ0n) is 8.52. The molecule has 15 heavy (non-hydrogen) atoms. The number of phenolic OH excluding ortho intramolecular Hbond substituents is 1. The molecule has 1 aromatic rings. The molecule has 0 aliphatic heterocycles. The number of hydrogen-bond acceptors (Lipinski definition) is 3. The van der Waals surface area contributed by atoms with Gasteiger partial charge in [-0.3, -0.25) is 0 Å². The van der Waals surface area contributed by atoms with Gasteiger partial charge in [0.2, 0.25) is 0 Å². The maximum atomic E-state index is 11.4. The molecule has 0 radical (unpaired) electrons. The third kappa shape index (κ3) is 1.90. The second-order valence-electron chi connectivity index (χ2n) is 3.09. The van der Waals surface area contributed by atoms with Crippen molar-refractivity contribution in [2.24, 2.45) is 0 Å². The molecule has 1 N–H and O–H groups in total. The highest BCUT2D eigenvalue weighted by molar-refractivity contribution is 6.38. The first-order valence-corrected chi connectivity index (χ1v) is 4.92. The summed E-state index contributed by atoms with van der Waals surface area (Å²) in [4.78, 5) is 11.4. The van der Waals surface area contributed by atoms with Gasteiger partial charge in [0.25, 0.3) is 0 Å². The highest BCUT2D eigenvalue weighted by Gasteiger charge is 2.22. The molecule has 0 spiro atoms. The van der Waals surface area contributed by atoms with Gasteiger partial charge in [0.1, 0.15) is 11.3 Å². The highest BCUT2D eigenvalue weighted by Crippen LogP contribution is 2.38. The van der Waals surface area contributed by atoms with E-state index in [1.165, 1.54) is 7.11 Å². The van der Waals surface area contributed by atoms with Crippen LogP contribution in [-0.2, 0) is 4.74 Å². The van der Waals surface area contributed by atoms with Crippen molar-refractivity contribution < 1.29 is 14.6 Å². The van der Waals surface area contributed by atoms with Crippen molar-refractivity contribution in [1.29, 1.82) is 0 Å². The number of phenols is 1. The van der Waals surface area contributed by atoms with Crippen LogP contribution in [0.4, 0.5) is 0 Å². The van der Waals surface area contributed by atoms with Gasteiger partial charge >= 0.3 is 5.97 Å². The van der Waals surface area contributed by atoms with E-state index in [-0.39, 0.29) is 16.3 Å². The summed E-state index contributed by atoms with van der Waals surface area (Å²) in [7, 11) is 1.23. The average Bonchev–Trinajstić information content (AvgIpc) is 2.23. The van der Waals surface area contributed by atoms with E-state index in [0.29, 0.717) is 16.1 Å². The summed E-state index contributed by atoms with van der Waals surface area (Å²) in [5.74, 6) is -0.947. The zero-order valence-corrected chi connectivity index (χ0v) is 10.0. The Morgan fingerprint density at radius 3 is 2.20 bits per heavy atom. The third-order valence-corrected chi connectivity index (χ3v) is 3.23. The molecule has 0 fully saturated rings. The number of esters is 1. The minimum absolute atomic E-state index is 0.0121. The summed E-state index contributed by atoms with van der Waals surface area (Å²) >= 11 is 11.8. The van der Waals surface area contributed by atoms with E-state index in [1.54, 1.807) is 13.8 Å². The van der Waals surface area contributed by atoms with Crippen molar-refractivity contribution in [2.75, 3.05) is 7.11 Å². The van der Waals surface area contributed by atoms with Crippen molar-refractivity contribution in [3.05, 3.63) is 26.7 Å². The largest absolute Gasteiger partial charge is 0.505 e. The number of ether oxygens (including phenoxy) is 1. The fourth-order valence-corrected chi connectivity index (χ4v) is 1.73. The number of carbonyl (C=O) groups is 1. The molecule has 1 rings (SSSR count). The number of hydrogen-bond donors (Lipinski definition) is 1. The lowest BCUT2D eigenvalue weighted by molar-refractivity contribution is 0.0596. The van der Waals surface area contributed by atoms with Crippen LogP contribution < -0.4 is 0 Å². The van der Waals surface area contributed by atoms with E-state index < -0.39 is 5.97 Å². The van der Waals surface area contributed by atoms with Crippen molar-refractivity contribution in [2.45, 2.75) is 13.8 Å². The molecular formula is C10H10Cl2O3. The molecule has 0 unspecified atom stereocenters. The summed E-state index contributed by atoms with van der Waals surface area (Å²) in [5.41, 5.74) is 1.02. The Morgan fingerprint density at radius 1 is 1.20 bits per heavy atom. The first-order chi connectivity index (χ1) is 6.91. The van der Waals surface area contributed by atoms with Crippen LogP contribution in [0.5, 0.6) is 5.75 Å². The molecule has 0 atom stereocenters. The second-order valence-corrected chi connectivity index (χ2v) is 3.85. The molecule has 0 aromatic heterocycles. The standard InChI is InChI=1S/C10H10Cl2O3/c1-4-6(10(14)15-3)9(13)8(12)5(2)7(4)11/h13H,1-3H3. The van der Waals surface area contributed by atoms with Crippen LogP contribution in [0, 0.1) is 13.8 Å². The van der Waals surface area contributed by atoms with E-state index in [2.05, 4.69) is 4.74 Å². The molecule has 82 valence electrons. The SMILES string of the molecule is COC(=O)c1c(C)c(Cl)c(C)c(Cl)c1O. The lowest BCUT2D eigenvalue weighted by Gasteiger charge is -2.12. The molecular weight excluding hydrogens is 239 g/mol. The Bertz CT molecular complexity index is 398. The molecule has 0 saturated carbocycles. The first-order valence-electron chi connectivity index (χ1n) is 4.17. The quantitative estimate of drug-likeness (QED) is 0.778. The van der Waals surface area contributed by atoms with E-state index >= 15 is 0 Å². The maximum Gasteiger partial charge on any atom is 0.342 e. The summed E-state index contributed by atoms with van der Waals surface area (Å²) in [6, 6.07) is 0. The monoisotopic (exact) mass is 248 g/mol. The van der Waals surface area contributed by atoms with Gasteiger partial charge in [-0.25, -0.2) is 4.79 Å². The topological polar surface area (TPSA) is 46.5 Å². The van der Waals surface area contributed by atoms with Crippen molar-refractivity contribution in [1.82, 2.24) is 0 Å². The Kier molecular flexibility index (Phi) is 3.47. The summed E-state index contributed by atoms with van der Waals surface area (Å²) in [5, 5.41) is 10.1. The van der Waals surface area contributed by atoms with E-state index in [4.69, 9.17) is 23.2 Å². The van der Waals surface area contributed by atoms with Crippen LogP contribution in [0.3, 0.4) is 0 Å². The smallest absolute Gasteiger partial charge is 0.342 e. The Hall–Kier alpha value is -0.930. The molecule has 5 heteroatoms. The summed E-state index contributed by atoms with van der Waals surface area (Å²) in [6.07, 6.45) is 0. The van der Waals surface area contributed by atoms with Crippen LogP contribution in [0.25, 0.3) is 0 Å². The molecule has 0 heterocycles. The Morgan fingerprint density at radius 2 is 1.73 bits per heavy atom. The van der Waals surface area contributed by atoms with E-state index in [1.807, 2.05) is 0 Å². The van der Waals surface area contributed by atoms with Gasteiger partial charge in [0.15, 0.2) is 0 Å². The summed E-state index contributed by atoms with van der Waals surface area (Å²) < 4.78 is 4.53. The van der Waals surface area contributed by atoms with Crippen LogP contribution >= 0.6 is 23.2 Å². The van der Waals surface area contributed by atoms with Crippen LogP contribution in [-0.4, -0.2) is 18.2 Å². The van der Waals surface area contributed by atoms with Gasteiger partial charge in [-0.15, -0.1) is 0 Å². The van der Waals surface area contributed by atoms with Crippen molar-refractivity contribution in [3.8, 4) is 5.75 Å². The van der Waals surface area contributed by atoms with Gasteiger partial charge in [-0.2, -0.15) is 0 Å². The minimum Gasteiger partial charge on any atom is -0.505 e. The Labute approximate surface area is 97.6 Å². The van der Waals surface area contributed by atoms with Crippen LogP contribution in [0.2, 0.25) is 10.0 Å². The third-order valence-electron chi connectivity index (χ3n) is 2.20. The van der Waals surface area contributed by atoms with Gasteiger partial charge in [0, 0.05) is 5.02 Å². The molecule has 1 aromatic carbocycles. The minimum atomic E-state index is -0.659. The molecule has 0 aliphatic rings. The van der Waals surface area contributed by atoms with E-state index in [0.717, 1.165) is 0 Å². The number of benzene rings is 1. The molecule has 0 amide bonds. The first kappa shape index (κ1) is 12.1. The number of halogens is 2. The van der Waals surface area contributed by atoms with Gasteiger partial charge in [0.05, 0.1) is 12.1 Å². The van der Waals surface area contributed by atoms with Crippen molar-refractivity contribution >= 4 is 29.2 Å². The number of methoxy groups -OCH3 is 1. The summed E-state index contributed by atoms with van der Waals surface area (Å²) in [6.45, 7) is 3.29. The normalized spacial score (nSPS) is 10.2. The Balaban J connectivity index is 3.60. The van der Waals surface area contributed by atoms with Crippen LogP contribution in [0.1, 0.15) is 21.5 Å². The average molecular weight is 249 g/mol. The lowest BCUT2D eigenvalue weighted by atomic mass is 10.0. The molecule has 0 aliphatic carbocycles. The van der Waals surface area contributed by atoms with E-state index in [9.17, 15) is 9.90 Å². The lowest BCUT2D eigenvalue weighted by Crippen LogP contribution is -2.06. The predicted molar refractivity (Wildman–Crippen MR) is 58.9 cm³/mol. The number of carbonyl (C=O) groups excluding carboxylic acids is 1. The molecule has 3 nitrogen and oxygen atoms in total. The maximum absolute atomic E-state index is 11.4. The van der Waals surface area contributed by atoms with Gasteiger partial charge in [-0.05, 0) is 25.0 Å².